The lowest BCUT2D eigenvalue weighted by molar-refractivity contribution is 0.0816. The molecule has 0 aromatic heterocycles. The summed E-state index contributed by atoms with van der Waals surface area (Å²) in [6.07, 6.45) is 2.34. The molecule has 3 nitrogen and oxygen atoms in total. The Hall–Kier alpha value is -1.66. The Morgan fingerprint density at radius 3 is 2.63 bits per heavy atom. The Balaban J connectivity index is 1.98. The van der Waals surface area contributed by atoms with E-state index in [4.69, 9.17) is 5.26 Å². The van der Waals surface area contributed by atoms with Crippen molar-refractivity contribution in [3.05, 3.63) is 35.4 Å². The summed E-state index contributed by atoms with van der Waals surface area (Å²) in [5, 5.41) is 8.74. The number of benzene rings is 1. The highest BCUT2D eigenvalue weighted by Gasteiger charge is 2.24. The molecular weight excluding hydrogens is 236 g/mol. The minimum absolute atomic E-state index is 0.144. The number of hydrogen-bond donors (Lipinski definition) is 0. The van der Waals surface area contributed by atoms with Gasteiger partial charge in [0.1, 0.15) is 0 Å². The molecule has 2 rings (SSSR count). The largest absolute Gasteiger partial charge is 0.293 e. The highest BCUT2D eigenvalue weighted by molar-refractivity contribution is 5.97. The standard InChI is InChI=1S/C16H20N2O/c1-12-7-8-18(13(2)9-12)11-16(19)15-5-3-14(10-17)4-6-15/h3-6,12-13H,7-9,11H2,1-2H3. The van der Waals surface area contributed by atoms with Crippen LogP contribution in [0.25, 0.3) is 0 Å². The van der Waals surface area contributed by atoms with Crippen LogP contribution in [-0.2, 0) is 0 Å². The van der Waals surface area contributed by atoms with Crippen LogP contribution in [0.5, 0.6) is 0 Å². The second kappa shape index (κ2) is 5.99. The predicted molar refractivity (Wildman–Crippen MR) is 74.9 cm³/mol. The third kappa shape index (κ3) is 3.42. The average molecular weight is 256 g/mol. The van der Waals surface area contributed by atoms with Crippen LogP contribution in [0.2, 0.25) is 0 Å². The summed E-state index contributed by atoms with van der Waals surface area (Å²) in [5.41, 5.74) is 1.29. The van der Waals surface area contributed by atoms with Crippen molar-refractivity contribution in [2.75, 3.05) is 13.1 Å². The maximum Gasteiger partial charge on any atom is 0.176 e. The van der Waals surface area contributed by atoms with Gasteiger partial charge in [0.15, 0.2) is 5.78 Å². The van der Waals surface area contributed by atoms with Gasteiger partial charge in [-0.05, 0) is 44.4 Å². The third-order valence-corrected chi connectivity index (χ3v) is 3.96. The van der Waals surface area contributed by atoms with Crippen molar-refractivity contribution in [1.29, 1.82) is 5.26 Å². The zero-order chi connectivity index (χ0) is 13.8. The molecule has 0 aliphatic carbocycles. The number of carbonyl (C=O) groups is 1. The molecule has 19 heavy (non-hydrogen) atoms. The fourth-order valence-corrected chi connectivity index (χ4v) is 2.70. The van der Waals surface area contributed by atoms with Gasteiger partial charge in [-0.3, -0.25) is 9.69 Å². The third-order valence-electron chi connectivity index (χ3n) is 3.96. The van der Waals surface area contributed by atoms with E-state index in [1.54, 1.807) is 24.3 Å². The summed E-state index contributed by atoms with van der Waals surface area (Å²) in [5.74, 6) is 0.905. The number of nitrogens with zero attached hydrogens (tertiary/aromatic N) is 2. The first-order chi connectivity index (χ1) is 9.10. The fourth-order valence-electron chi connectivity index (χ4n) is 2.70. The van der Waals surface area contributed by atoms with E-state index < -0.39 is 0 Å². The molecule has 0 radical (unpaired) electrons. The van der Waals surface area contributed by atoms with Crippen LogP contribution in [0, 0.1) is 17.2 Å². The van der Waals surface area contributed by atoms with Crippen LogP contribution >= 0.6 is 0 Å². The lowest BCUT2D eigenvalue weighted by Crippen LogP contribution is -2.43. The highest BCUT2D eigenvalue weighted by atomic mass is 16.1. The molecule has 0 amide bonds. The van der Waals surface area contributed by atoms with Gasteiger partial charge in [-0.25, -0.2) is 0 Å². The van der Waals surface area contributed by atoms with E-state index in [2.05, 4.69) is 24.8 Å². The summed E-state index contributed by atoms with van der Waals surface area (Å²) in [6.45, 7) is 5.96. The van der Waals surface area contributed by atoms with Crippen LogP contribution in [0.4, 0.5) is 0 Å². The number of likely N-dealkylation sites (tertiary alicyclic amines) is 1. The highest BCUT2D eigenvalue weighted by Crippen LogP contribution is 2.22. The number of ketones is 1. The molecule has 1 aliphatic rings. The Bertz CT molecular complexity index is 486. The maximum atomic E-state index is 12.2. The van der Waals surface area contributed by atoms with E-state index in [0.29, 0.717) is 23.7 Å². The zero-order valence-electron chi connectivity index (χ0n) is 11.6. The predicted octanol–water partition coefficient (Wildman–Crippen LogP) is 2.86. The van der Waals surface area contributed by atoms with E-state index in [1.165, 1.54) is 12.8 Å². The quantitative estimate of drug-likeness (QED) is 0.781. The van der Waals surface area contributed by atoms with Crippen molar-refractivity contribution in [2.24, 2.45) is 5.92 Å². The molecule has 3 heteroatoms. The lowest BCUT2D eigenvalue weighted by Gasteiger charge is -2.35. The minimum atomic E-state index is 0.144. The monoisotopic (exact) mass is 256 g/mol. The Morgan fingerprint density at radius 2 is 2.05 bits per heavy atom. The normalized spacial score (nSPS) is 23.8. The number of rotatable bonds is 3. The first-order valence-electron chi connectivity index (χ1n) is 6.87. The molecule has 1 aliphatic heterocycles. The van der Waals surface area contributed by atoms with Gasteiger partial charge in [-0.1, -0.05) is 19.1 Å². The van der Waals surface area contributed by atoms with Crippen molar-refractivity contribution < 1.29 is 4.79 Å². The summed E-state index contributed by atoms with van der Waals surface area (Å²) in [7, 11) is 0. The minimum Gasteiger partial charge on any atom is -0.293 e. The van der Waals surface area contributed by atoms with Crippen LogP contribution in [0.1, 0.15) is 42.6 Å². The molecule has 0 saturated carbocycles. The van der Waals surface area contributed by atoms with Crippen molar-refractivity contribution in [3.63, 3.8) is 0 Å². The molecule has 1 aromatic rings. The Labute approximate surface area is 114 Å². The van der Waals surface area contributed by atoms with Gasteiger partial charge in [0.2, 0.25) is 0 Å². The number of Topliss-reactive ketones (excluding diaryl/α,β-unsaturated/α-hetero) is 1. The van der Waals surface area contributed by atoms with Gasteiger partial charge in [0.25, 0.3) is 0 Å². The Morgan fingerprint density at radius 1 is 1.37 bits per heavy atom. The van der Waals surface area contributed by atoms with Crippen LogP contribution in [0.3, 0.4) is 0 Å². The van der Waals surface area contributed by atoms with Crippen LogP contribution in [-0.4, -0.2) is 29.8 Å². The smallest absolute Gasteiger partial charge is 0.176 e. The molecule has 1 aromatic carbocycles. The second-order valence-corrected chi connectivity index (χ2v) is 5.56. The van der Waals surface area contributed by atoms with Crippen molar-refractivity contribution in [2.45, 2.75) is 32.7 Å². The topological polar surface area (TPSA) is 44.1 Å². The summed E-state index contributed by atoms with van der Waals surface area (Å²) in [4.78, 5) is 14.5. The molecule has 1 fully saturated rings. The fraction of sp³-hybridized carbons (Fsp3) is 0.500. The molecule has 0 spiro atoms. The van der Waals surface area contributed by atoms with E-state index in [0.717, 1.165) is 12.5 Å². The maximum absolute atomic E-state index is 12.2. The molecule has 0 N–H and O–H groups in total. The van der Waals surface area contributed by atoms with Crippen molar-refractivity contribution in [1.82, 2.24) is 4.90 Å². The van der Waals surface area contributed by atoms with Crippen LogP contribution in [0.15, 0.2) is 24.3 Å². The van der Waals surface area contributed by atoms with Gasteiger partial charge in [0.05, 0.1) is 18.2 Å². The molecular formula is C16H20N2O. The van der Waals surface area contributed by atoms with E-state index in [1.807, 2.05) is 0 Å². The zero-order valence-corrected chi connectivity index (χ0v) is 11.6. The van der Waals surface area contributed by atoms with E-state index >= 15 is 0 Å². The second-order valence-electron chi connectivity index (χ2n) is 5.56. The first kappa shape index (κ1) is 13.8. The van der Waals surface area contributed by atoms with Gasteiger partial charge >= 0.3 is 0 Å². The molecule has 1 heterocycles. The number of piperidine rings is 1. The number of hydrogen-bond acceptors (Lipinski definition) is 3. The molecule has 2 atom stereocenters. The molecule has 2 unspecified atom stereocenters. The van der Waals surface area contributed by atoms with Gasteiger partial charge in [-0.2, -0.15) is 5.26 Å². The van der Waals surface area contributed by atoms with Crippen molar-refractivity contribution >= 4 is 5.78 Å². The summed E-state index contributed by atoms with van der Waals surface area (Å²) < 4.78 is 0. The molecule has 100 valence electrons. The first-order valence-corrected chi connectivity index (χ1v) is 6.87. The molecule has 1 saturated heterocycles. The number of carbonyl (C=O) groups excluding carboxylic acids is 1. The summed E-state index contributed by atoms with van der Waals surface area (Å²) in [6, 6.07) is 9.45. The van der Waals surface area contributed by atoms with Gasteiger partial charge in [-0.15, -0.1) is 0 Å². The average Bonchev–Trinajstić information content (AvgIpc) is 2.42. The van der Waals surface area contributed by atoms with Gasteiger partial charge < -0.3 is 0 Å². The summed E-state index contributed by atoms with van der Waals surface area (Å²) >= 11 is 0. The van der Waals surface area contributed by atoms with Crippen LogP contribution < -0.4 is 0 Å². The van der Waals surface area contributed by atoms with Gasteiger partial charge in [0, 0.05) is 11.6 Å². The number of nitriles is 1. The lowest BCUT2D eigenvalue weighted by atomic mass is 9.93. The van der Waals surface area contributed by atoms with Crippen molar-refractivity contribution in [3.8, 4) is 6.07 Å². The molecule has 0 bridgehead atoms. The van der Waals surface area contributed by atoms with E-state index in [-0.39, 0.29) is 5.78 Å². The Kier molecular flexibility index (Phi) is 4.34. The van der Waals surface area contributed by atoms with E-state index in [9.17, 15) is 4.79 Å². The SMILES string of the molecule is CC1CCN(CC(=O)c2ccc(C#N)cc2)C(C)C1.